The maximum absolute atomic E-state index is 12.4. The number of nitrogens with one attached hydrogen (secondary N) is 1. The smallest absolute Gasteiger partial charge is 0.338 e. The third-order valence-corrected chi connectivity index (χ3v) is 5.88. The molecule has 0 saturated heterocycles. The van der Waals surface area contributed by atoms with Crippen LogP contribution in [0.15, 0.2) is 60.3 Å². The Kier molecular flexibility index (Phi) is 9.38. The van der Waals surface area contributed by atoms with Crippen molar-refractivity contribution in [2.45, 2.75) is 25.2 Å². The number of anilines is 1. The first kappa shape index (κ1) is 25.6. The van der Waals surface area contributed by atoms with Crippen LogP contribution in [-0.2, 0) is 22.7 Å². The summed E-state index contributed by atoms with van der Waals surface area (Å²) in [5, 5.41) is 12.6. The molecule has 0 radical (unpaired) electrons. The Balaban J connectivity index is 1.59. The summed E-state index contributed by atoms with van der Waals surface area (Å²) in [6.07, 6.45) is 1.70. The van der Waals surface area contributed by atoms with Crippen LogP contribution < -0.4 is 10.1 Å². The molecule has 178 valence electrons. The zero-order valence-electron chi connectivity index (χ0n) is 18.3. The average molecular weight is 521 g/mol. The molecular weight excluding hydrogens is 499 g/mol. The van der Waals surface area contributed by atoms with Gasteiger partial charge in [-0.2, -0.15) is 0 Å². The van der Waals surface area contributed by atoms with Crippen molar-refractivity contribution in [2.24, 2.45) is 0 Å². The second-order valence-electron chi connectivity index (χ2n) is 6.80. The second kappa shape index (κ2) is 12.5. The van der Waals surface area contributed by atoms with Crippen LogP contribution in [0, 0.1) is 0 Å². The number of hydrogen-bond donors (Lipinski definition) is 1. The summed E-state index contributed by atoms with van der Waals surface area (Å²) in [6, 6.07) is 11.4. The fourth-order valence-corrected chi connectivity index (χ4v) is 3.91. The van der Waals surface area contributed by atoms with E-state index in [1.54, 1.807) is 60.0 Å². The van der Waals surface area contributed by atoms with E-state index in [2.05, 4.69) is 22.1 Å². The molecule has 0 atom stereocenters. The number of amides is 1. The maximum atomic E-state index is 12.4. The standard InChI is InChI=1S/C23H22Cl2N4O4S/c1-3-11-29-20(13-33-19-12-16(24)7-10-18(19)25)27-28-23(29)34-14-21(30)26-17-8-5-15(6-9-17)22(31)32-4-2/h3,5-10,12H,1,4,11,13-14H2,2H3,(H,26,30). The summed E-state index contributed by atoms with van der Waals surface area (Å²) in [5.74, 6) is 0.453. The molecule has 8 nitrogen and oxygen atoms in total. The maximum Gasteiger partial charge on any atom is 0.338 e. The van der Waals surface area contributed by atoms with Gasteiger partial charge in [-0.1, -0.05) is 41.0 Å². The summed E-state index contributed by atoms with van der Waals surface area (Å²) in [6.45, 7) is 6.36. The predicted molar refractivity (Wildman–Crippen MR) is 133 cm³/mol. The first-order valence-electron chi connectivity index (χ1n) is 10.2. The summed E-state index contributed by atoms with van der Waals surface area (Å²) in [5.41, 5.74) is 0.985. The van der Waals surface area contributed by atoms with Gasteiger partial charge in [0.05, 0.1) is 22.9 Å². The molecule has 1 N–H and O–H groups in total. The van der Waals surface area contributed by atoms with Crippen molar-refractivity contribution in [1.82, 2.24) is 14.8 Å². The Bertz CT molecular complexity index is 1170. The second-order valence-corrected chi connectivity index (χ2v) is 8.58. The molecular formula is C23H22Cl2N4O4S. The van der Waals surface area contributed by atoms with Gasteiger partial charge < -0.3 is 14.8 Å². The van der Waals surface area contributed by atoms with E-state index >= 15 is 0 Å². The molecule has 1 aromatic heterocycles. The minimum absolute atomic E-state index is 0.107. The number of allylic oxidation sites excluding steroid dienone is 1. The van der Waals surface area contributed by atoms with Crippen molar-refractivity contribution in [3.05, 3.63) is 76.6 Å². The van der Waals surface area contributed by atoms with Crippen LogP contribution in [-0.4, -0.2) is 39.0 Å². The highest BCUT2D eigenvalue weighted by Gasteiger charge is 2.15. The number of thioether (sulfide) groups is 1. The lowest BCUT2D eigenvalue weighted by molar-refractivity contribution is -0.113. The molecule has 0 aliphatic carbocycles. The Morgan fingerprint density at radius 2 is 1.94 bits per heavy atom. The van der Waals surface area contributed by atoms with E-state index in [9.17, 15) is 9.59 Å². The molecule has 0 bridgehead atoms. The topological polar surface area (TPSA) is 95.3 Å². The first-order valence-corrected chi connectivity index (χ1v) is 12.0. The van der Waals surface area contributed by atoms with Gasteiger partial charge in [0.1, 0.15) is 12.4 Å². The summed E-state index contributed by atoms with van der Waals surface area (Å²) in [4.78, 5) is 24.1. The van der Waals surface area contributed by atoms with Crippen molar-refractivity contribution in [1.29, 1.82) is 0 Å². The highest BCUT2D eigenvalue weighted by atomic mass is 35.5. The molecule has 2 aromatic carbocycles. The van der Waals surface area contributed by atoms with E-state index in [0.29, 0.717) is 51.2 Å². The molecule has 0 aliphatic rings. The minimum atomic E-state index is -0.407. The molecule has 1 heterocycles. The van der Waals surface area contributed by atoms with Crippen molar-refractivity contribution < 1.29 is 19.1 Å². The van der Waals surface area contributed by atoms with Gasteiger partial charge in [0, 0.05) is 23.3 Å². The van der Waals surface area contributed by atoms with Gasteiger partial charge in [-0.15, -0.1) is 16.8 Å². The summed E-state index contributed by atoms with van der Waals surface area (Å²) >= 11 is 13.4. The van der Waals surface area contributed by atoms with Crippen LogP contribution in [0.4, 0.5) is 5.69 Å². The lowest BCUT2D eigenvalue weighted by Crippen LogP contribution is -2.15. The number of halogens is 2. The van der Waals surface area contributed by atoms with Gasteiger partial charge in [-0.05, 0) is 43.3 Å². The van der Waals surface area contributed by atoms with Gasteiger partial charge in [-0.3, -0.25) is 9.36 Å². The van der Waals surface area contributed by atoms with Crippen LogP contribution >= 0.6 is 35.0 Å². The van der Waals surface area contributed by atoms with E-state index in [4.69, 9.17) is 32.7 Å². The molecule has 34 heavy (non-hydrogen) atoms. The summed E-state index contributed by atoms with van der Waals surface area (Å²) in [7, 11) is 0. The van der Waals surface area contributed by atoms with E-state index in [-0.39, 0.29) is 18.3 Å². The Morgan fingerprint density at radius 3 is 2.65 bits per heavy atom. The van der Waals surface area contributed by atoms with Crippen LogP contribution in [0.2, 0.25) is 10.0 Å². The Morgan fingerprint density at radius 1 is 1.18 bits per heavy atom. The molecule has 0 fully saturated rings. The molecule has 0 unspecified atom stereocenters. The average Bonchev–Trinajstić information content (AvgIpc) is 3.20. The highest BCUT2D eigenvalue weighted by molar-refractivity contribution is 7.99. The zero-order chi connectivity index (χ0) is 24.5. The number of benzene rings is 2. The van der Waals surface area contributed by atoms with Gasteiger partial charge in [0.2, 0.25) is 5.91 Å². The number of carbonyl (C=O) groups excluding carboxylic acids is 2. The monoisotopic (exact) mass is 520 g/mol. The first-order chi connectivity index (χ1) is 16.4. The number of rotatable bonds is 11. The highest BCUT2D eigenvalue weighted by Crippen LogP contribution is 2.28. The SMILES string of the molecule is C=CCn1c(COc2cc(Cl)ccc2Cl)nnc1SCC(=O)Nc1ccc(C(=O)OCC)cc1. The third-order valence-electron chi connectivity index (χ3n) is 4.37. The van der Waals surface area contributed by atoms with Crippen molar-refractivity contribution in [3.63, 3.8) is 0 Å². The van der Waals surface area contributed by atoms with E-state index in [0.717, 1.165) is 0 Å². The van der Waals surface area contributed by atoms with E-state index in [1.165, 1.54) is 11.8 Å². The number of esters is 1. The molecule has 0 saturated carbocycles. The van der Waals surface area contributed by atoms with Gasteiger partial charge in [0.25, 0.3) is 0 Å². The van der Waals surface area contributed by atoms with Crippen LogP contribution in [0.3, 0.4) is 0 Å². The molecule has 1 amide bonds. The number of nitrogens with zero attached hydrogens (tertiary/aromatic N) is 3. The quantitative estimate of drug-likeness (QED) is 0.209. The molecule has 0 aliphatic heterocycles. The van der Waals surface area contributed by atoms with Gasteiger partial charge in [0.15, 0.2) is 11.0 Å². The van der Waals surface area contributed by atoms with Crippen molar-refractivity contribution >= 4 is 52.5 Å². The van der Waals surface area contributed by atoms with Crippen LogP contribution in [0.5, 0.6) is 5.75 Å². The normalized spacial score (nSPS) is 10.6. The van der Waals surface area contributed by atoms with E-state index in [1.807, 2.05) is 0 Å². The summed E-state index contributed by atoms with van der Waals surface area (Å²) < 4.78 is 12.5. The lowest BCUT2D eigenvalue weighted by Gasteiger charge is -2.10. The van der Waals surface area contributed by atoms with Crippen molar-refractivity contribution in [2.75, 3.05) is 17.7 Å². The fraction of sp³-hybridized carbons (Fsp3) is 0.217. The number of hydrogen-bond acceptors (Lipinski definition) is 7. The number of ether oxygens (including phenoxy) is 2. The molecule has 0 spiro atoms. The molecule has 11 heteroatoms. The van der Waals surface area contributed by atoms with Gasteiger partial charge in [-0.25, -0.2) is 4.79 Å². The molecule has 3 aromatic rings. The van der Waals surface area contributed by atoms with Gasteiger partial charge >= 0.3 is 5.97 Å². The predicted octanol–water partition coefficient (Wildman–Crippen LogP) is 5.26. The fourth-order valence-electron chi connectivity index (χ4n) is 2.81. The zero-order valence-corrected chi connectivity index (χ0v) is 20.6. The number of aromatic nitrogens is 3. The Hall–Kier alpha value is -3.01. The largest absolute Gasteiger partial charge is 0.484 e. The van der Waals surface area contributed by atoms with Crippen molar-refractivity contribution in [3.8, 4) is 5.75 Å². The molecule has 3 rings (SSSR count). The number of carbonyl (C=O) groups is 2. The van der Waals surface area contributed by atoms with Crippen LogP contribution in [0.1, 0.15) is 23.1 Å². The minimum Gasteiger partial charge on any atom is -0.484 e. The third kappa shape index (κ3) is 6.99. The van der Waals surface area contributed by atoms with Crippen LogP contribution in [0.25, 0.3) is 0 Å². The van der Waals surface area contributed by atoms with E-state index < -0.39 is 5.97 Å². The Labute approximate surface area is 211 Å². The lowest BCUT2D eigenvalue weighted by atomic mass is 10.2.